The molecular weight excluding hydrogens is 286 g/mol. The van der Waals surface area contributed by atoms with Crippen LogP contribution >= 0.6 is 11.3 Å². The number of amides is 1. The molecule has 0 spiro atoms. The van der Waals surface area contributed by atoms with E-state index in [1.54, 1.807) is 20.6 Å². The van der Waals surface area contributed by atoms with Crippen molar-refractivity contribution in [3.05, 3.63) is 32.7 Å². The number of piperidine rings is 1. The van der Waals surface area contributed by atoms with Gasteiger partial charge in [-0.3, -0.25) is 14.0 Å². The molecule has 4 rings (SSSR count). The van der Waals surface area contributed by atoms with E-state index in [1.807, 2.05) is 0 Å². The first-order valence-electron chi connectivity index (χ1n) is 7.57. The molecule has 0 N–H and O–H groups in total. The Labute approximate surface area is 126 Å². The third-order valence-electron chi connectivity index (χ3n) is 4.43. The fourth-order valence-electron chi connectivity index (χ4n) is 3.32. The van der Waals surface area contributed by atoms with Crippen LogP contribution in [0.25, 0.3) is 4.96 Å². The second-order valence-corrected chi connectivity index (χ2v) is 6.84. The molecule has 2 aromatic heterocycles. The number of thiazole rings is 1. The molecule has 5 nitrogen and oxygen atoms in total. The maximum Gasteiger partial charge on any atom is 0.271 e. The standard InChI is InChI=1S/C15H17N3O2S/c19-13(17-7-2-1-3-8-17)10-9-16-15-18(14(10)20)11-5-4-6-12(11)21-15/h9H,1-8H2. The Morgan fingerprint density at radius 3 is 2.76 bits per heavy atom. The summed E-state index contributed by atoms with van der Waals surface area (Å²) < 4.78 is 1.67. The zero-order valence-electron chi connectivity index (χ0n) is 11.8. The molecule has 0 radical (unpaired) electrons. The van der Waals surface area contributed by atoms with Gasteiger partial charge in [0, 0.05) is 29.9 Å². The third-order valence-corrected chi connectivity index (χ3v) is 5.58. The minimum Gasteiger partial charge on any atom is -0.338 e. The van der Waals surface area contributed by atoms with Crippen LogP contribution in [-0.4, -0.2) is 33.3 Å². The number of hydrogen-bond donors (Lipinski definition) is 0. The van der Waals surface area contributed by atoms with Crippen molar-refractivity contribution in [2.45, 2.75) is 38.5 Å². The maximum absolute atomic E-state index is 12.7. The SMILES string of the molecule is O=C(c1cnc2sc3c(n2c1=O)CCC3)N1CCCCC1. The number of fused-ring (bicyclic) bond motifs is 3. The quantitative estimate of drug-likeness (QED) is 0.808. The molecule has 2 aromatic rings. The Bertz CT molecular complexity index is 771. The molecule has 1 saturated heterocycles. The number of aryl methyl sites for hydroxylation is 2. The van der Waals surface area contributed by atoms with Crippen LogP contribution in [0.4, 0.5) is 0 Å². The highest BCUT2D eigenvalue weighted by atomic mass is 32.1. The molecule has 0 bridgehead atoms. The van der Waals surface area contributed by atoms with Gasteiger partial charge in [-0.2, -0.15) is 0 Å². The summed E-state index contributed by atoms with van der Waals surface area (Å²) in [6, 6.07) is 0. The molecular formula is C15H17N3O2S. The molecule has 110 valence electrons. The minimum absolute atomic E-state index is 0.153. The van der Waals surface area contributed by atoms with Gasteiger partial charge in [0.15, 0.2) is 4.96 Å². The van der Waals surface area contributed by atoms with E-state index in [4.69, 9.17) is 0 Å². The van der Waals surface area contributed by atoms with Crippen LogP contribution in [0.1, 0.15) is 46.6 Å². The summed E-state index contributed by atoms with van der Waals surface area (Å²) in [7, 11) is 0. The van der Waals surface area contributed by atoms with Gasteiger partial charge >= 0.3 is 0 Å². The lowest BCUT2D eigenvalue weighted by atomic mass is 10.1. The number of nitrogens with zero attached hydrogens (tertiary/aromatic N) is 3. The Hall–Kier alpha value is -1.69. The van der Waals surface area contributed by atoms with E-state index < -0.39 is 0 Å². The van der Waals surface area contributed by atoms with Gasteiger partial charge in [0.1, 0.15) is 5.56 Å². The molecule has 0 atom stereocenters. The van der Waals surface area contributed by atoms with Gasteiger partial charge in [-0.1, -0.05) is 0 Å². The van der Waals surface area contributed by atoms with Crippen LogP contribution in [0.15, 0.2) is 11.0 Å². The van der Waals surface area contributed by atoms with Crippen molar-refractivity contribution in [1.29, 1.82) is 0 Å². The highest BCUT2D eigenvalue weighted by molar-refractivity contribution is 7.17. The molecule has 3 heterocycles. The normalized spacial score (nSPS) is 18.2. The van der Waals surface area contributed by atoms with Crippen molar-refractivity contribution in [3.8, 4) is 0 Å². The Morgan fingerprint density at radius 1 is 1.14 bits per heavy atom. The first-order valence-corrected chi connectivity index (χ1v) is 8.39. The van der Waals surface area contributed by atoms with Crippen molar-refractivity contribution in [1.82, 2.24) is 14.3 Å². The van der Waals surface area contributed by atoms with Crippen molar-refractivity contribution in [2.75, 3.05) is 13.1 Å². The Kier molecular flexibility index (Phi) is 3.06. The molecule has 1 fully saturated rings. The van der Waals surface area contributed by atoms with Crippen molar-refractivity contribution in [2.24, 2.45) is 0 Å². The lowest BCUT2D eigenvalue weighted by molar-refractivity contribution is 0.0722. The van der Waals surface area contributed by atoms with Crippen LogP contribution in [0.5, 0.6) is 0 Å². The Balaban J connectivity index is 1.80. The highest BCUT2D eigenvalue weighted by Gasteiger charge is 2.25. The molecule has 0 aromatic carbocycles. The van der Waals surface area contributed by atoms with Gasteiger partial charge in [0.05, 0.1) is 0 Å². The Morgan fingerprint density at radius 2 is 1.95 bits per heavy atom. The number of carbonyl (C=O) groups excluding carboxylic acids is 1. The summed E-state index contributed by atoms with van der Waals surface area (Å²) in [5.74, 6) is -0.153. The van der Waals surface area contributed by atoms with Crippen molar-refractivity contribution >= 4 is 22.2 Å². The lowest BCUT2D eigenvalue weighted by Gasteiger charge is -2.26. The molecule has 2 aliphatic rings. The predicted octanol–water partition coefficient (Wildman–Crippen LogP) is 1.87. The fraction of sp³-hybridized carbons (Fsp3) is 0.533. The number of hydrogen-bond acceptors (Lipinski definition) is 4. The number of carbonyl (C=O) groups is 1. The topological polar surface area (TPSA) is 54.7 Å². The van der Waals surface area contributed by atoms with E-state index in [2.05, 4.69) is 4.98 Å². The molecule has 1 amide bonds. The van der Waals surface area contributed by atoms with Gasteiger partial charge < -0.3 is 4.90 Å². The van der Waals surface area contributed by atoms with Crippen LogP contribution < -0.4 is 5.56 Å². The molecule has 0 unspecified atom stereocenters. The van der Waals surface area contributed by atoms with Crippen LogP contribution in [0.3, 0.4) is 0 Å². The van der Waals surface area contributed by atoms with Gasteiger partial charge in [0.2, 0.25) is 0 Å². The van der Waals surface area contributed by atoms with Gasteiger partial charge in [-0.25, -0.2) is 4.98 Å². The van der Waals surface area contributed by atoms with Crippen molar-refractivity contribution < 1.29 is 4.79 Å². The number of aromatic nitrogens is 2. The van der Waals surface area contributed by atoms with E-state index in [-0.39, 0.29) is 17.0 Å². The summed E-state index contributed by atoms with van der Waals surface area (Å²) in [6.45, 7) is 1.51. The first-order chi connectivity index (χ1) is 10.3. The first kappa shape index (κ1) is 13.0. The van der Waals surface area contributed by atoms with Gasteiger partial charge in [-0.05, 0) is 38.5 Å². The lowest BCUT2D eigenvalue weighted by Crippen LogP contribution is -2.39. The largest absolute Gasteiger partial charge is 0.338 e. The van der Waals surface area contributed by atoms with E-state index >= 15 is 0 Å². The summed E-state index contributed by atoms with van der Waals surface area (Å²) in [5.41, 5.74) is 1.11. The van der Waals surface area contributed by atoms with E-state index in [9.17, 15) is 9.59 Å². The third kappa shape index (κ3) is 2.00. The molecule has 6 heteroatoms. The summed E-state index contributed by atoms with van der Waals surface area (Å²) >= 11 is 1.58. The minimum atomic E-state index is -0.185. The second-order valence-electron chi connectivity index (χ2n) is 5.77. The van der Waals surface area contributed by atoms with Crippen LogP contribution in [-0.2, 0) is 12.8 Å². The van der Waals surface area contributed by atoms with Gasteiger partial charge in [0.25, 0.3) is 11.5 Å². The summed E-state index contributed by atoms with van der Waals surface area (Å²) in [4.78, 5) is 33.4. The van der Waals surface area contributed by atoms with E-state index in [0.29, 0.717) is 0 Å². The monoisotopic (exact) mass is 303 g/mol. The van der Waals surface area contributed by atoms with Crippen molar-refractivity contribution in [3.63, 3.8) is 0 Å². The fourth-order valence-corrected chi connectivity index (χ4v) is 4.49. The highest BCUT2D eigenvalue weighted by Crippen LogP contribution is 2.29. The second kappa shape index (κ2) is 4.94. The summed E-state index contributed by atoms with van der Waals surface area (Å²) in [6.07, 6.45) is 7.72. The van der Waals surface area contributed by atoms with Crippen LogP contribution in [0, 0.1) is 0 Å². The molecule has 0 saturated carbocycles. The van der Waals surface area contributed by atoms with E-state index in [0.717, 1.165) is 62.3 Å². The van der Waals surface area contributed by atoms with E-state index in [1.165, 1.54) is 11.1 Å². The molecule has 1 aliphatic carbocycles. The van der Waals surface area contributed by atoms with Gasteiger partial charge in [-0.15, -0.1) is 11.3 Å². The number of likely N-dealkylation sites (tertiary alicyclic amines) is 1. The maximum atomic E-state index is 12.7. The average Bonchev–Trinajstić information content (AvgIpc) is 3.08. The zero-order chi connectivity index (χ0) is 14.4. The summed E-state index contributed by atoms with van der Waals surface area (Å²) in [5, 5.41) is 0. The smallest absolute Gasteiger partial charge is 0.271 e. The predicted molar refractivity (Wildman–Crippen MR) is 81.1 cm³/mol. The van der Waals surface area contributed by atoms with Crippen LogP contribution in [0.2, 0.25) is 0 Å². The number of rotatable bonds is 1. The molecule has 1 aliphatic heterocycles. The zero-order valence-corrected chi connectivity index (χ0v) is 12.6. The average molecular weight is 303 g/mol. The molecule has 21 heavy (non-hydrogen) atoms.